The van der Waals surface area contributed by atoms with Gasteiger partial charge in [0.15, 0.2) is 11.5 Å². The van der Waals surface area contributed by atoms with Crippen molar-refractivity contribution >= 4 is 8.07 Å². The van der Waals surface area contributed by atoms with Gasteiger partial charge < -0.3 is 14.2 Å². The predicted octanol–water partition coefficient (Wildman–Crippen LogP) is 3.76. The Morgan fingerprint density at radius 2 is 1.73 bits per heavy atom. The molecule has 1 aliphatic heterocycles. The van der Waals surface area contributed by atoms with E-state index in [1.54, 1.807) is 14.2 Å². The number of benzene rings is 1. The van der Waals surface area contributed by atoms with E-state index in [4.69, 9.17) is 14.2 Å². The van der Waals surface area contributed by atoms with E-state index in [2.05, 4.69) is 43.2 Å². The standard InChI is InChI=1S/C18H24O3Si/c1-19-16-10-14-12(7-9-22(3,4)5)13-6-8-21-18(13)15(14)11-17(16)20-2/h10-13,18H,6,8H2,1-5H3/t12-,13-,18-/m0/s1. The first-order chi connectivity index (χ1) is 10.4. The average Bonchev–Trinajstić information content (AvgIpc) is 3.03. The minimum Gasteiger partial charge on any atom is -0.493 e. The predicted molar refractivity (Wildman–Crippen MR) is 90.2 cm³/mol. The molecule has 0 spiro atoms. The van der Waals surface area contributed by atoms with Crippen LogP contribution in [0.5, 0.6) is 11.5 Å². The van der Waals surface area contributed by atoms with Crippen molar-refractivity contribution in [1.29, 1.82) is 0 Å². The molecule has 0 amide bonds. The second kappa shape index (κ2) is 5.64. The molecule has 4 heteroatoms. The largest absolute Gasteiger partial charge is 0.493 e. The molecule has 3 nitrogen and oxygen atoms in total. The maximum atomic E-state index is 5.99. The molecule has 1 heterocycles. The van der Waals surface area contributed by atoms with Crippen molar-refractivity contribution in [3.8, 4) is 23.0 Å². The summed E-state index contributed by atoms with van der Waals surface area (Å²) in [6.45, 7) is 7.68. The normalized spacial score (nSPS) is 26.0. The van der Waals surface area contributed by atoms with Crippen LogP contribution in [-0.2, 0) is 4.74 Å². The molecule has 1 fully saturated rings. The van der Waals surface area contributed by atoms with Gasteiger partial charge in [-0.05, 0) is 29.7 Å². The van der Waals surface area contributed by atoms with Gasteiger partial charge in [0.05, 0.1) is 26.2 Å². The number of ether oxygens (including phenoxy) is 3. The fourth-order valence-electron chi connectivity index (χ4n) is 3.40. The van der Waals surface area contributed by atoms with Crippen LogP contribution < -0.4 is 9.47 Å². The molecule has 22 heavy (non-hydrogen) atoms. The van der Waals surface area contributed by atoms with Crippen LogP contribution in [0.25, 0.3) is 0 Å². The zero-order valence-electron chi connectivity index (χ0n) is 14.0. The first-order valence-electron chi connectivity index (χ1n) is 7.84. The molecule has 3 rings (SSSR count). The Kier molecular flexibility index (Phi) is 3.96. The lowest BCUT2D eigenvalue weighted by molar-refractivity contribution is 0.0974. The summed E-state index contributed by atoms with van der Waals surface area (Å²) < 4.78 is 16.9. The highest BCUT2D eigenvalue weighted by Gasteiger charge is 2.44. The van der Waals surface area contributed by atoms with Gasteiger partial charge >= 0.3 is 0 Å². The van der Waals surface area contributed by atoms with Crippen molar-refractivity contribution in [2.24, 2.45) is 5.92 Å². The number of rotatable bonds is 2. The minimum absolute atomic E-state index is 0.163. The first kappa shape index (κ1) is 15.5. The molecule has 0 N–H and O–H groups in total. The monoisotopic (exact) mass is 316 g/mol. The van der Waals surface area contributed by atoms with Gasteiger partial charge in [-0.1, -0.05) is 19.6 Å². The highest BCUT2D eigenvalue weighted by molar-refractivity contribution is 6.83. The summed E-state index contributed by atoms with van der Waals surface area (Å²) >= 11 is 0. The Morgan fingerprint density at radius 3 is 2.32 bits per heavy atom. The number of hydrogen-bond donors (Lipinski definition) is 0. The molecule has 1 aromatic carbocycles. The van der Waals surface area contributed by atoms with E-state index in [-0.39, 0.29) is 12.0 Å². The molecule has 1 aliphatic carbocycles. The summed E-state index contributed by atoms with van der Waals surface area (Å²) in [5, 5.41) is 0. The van der Waals surface area contributed by atoms with Gasteiger partial charge in [-0.3, -0.25) is 0 Å². The van der Waals surface area contributed by atoms with Crippen molar-refractivity contribution < 1.29 is 14.2 Å². The lowest BCUT2D eigenvalue weighted by Gasteiger charge is -2.14. The first-order valence-corrected chi connectivity index (χ1v) is 11.3. The van der Waals surface area contributed by atoms with E-state index in [1.807, 2.05) is 0 Å². The maximum absolute atomic E-state index is 5.99. The summed E-state index contributed by atoms with van der Waals surface area (Å²) in [6.07, 6.45) is 1.24. The fraction of sp³-hybridized carbons (Fsp3) is 0.556. The number of methoxy groups -OCH3 is 2. The van der Waals surface area contributed by atoms with Crippen LogP contribution in [0.4, 0.5) is 0 Å². The lowest BCUT2D eigenvalue weighted by Crippen LogP contribution is -2.17. The zero-order chi connectivity index (χ0) is 15.9. The molecule has 0 bridgehead atoms. The van der Waals surface area contributed by atoms with Crippen molar-refractivity contribution in [3.63, 3.8) is 0 Å². The third-order valence-corrected chi connectivity index (χ3v) is 5.29. The molecule has 1 saturated heterocycles. The summed E-state index contributed by atoms with van der Waals surface area (Å²) in [5.74, 6) is 5.85. The van der Waals surface area contributed by atoms with E-state index in [0.717, 1.165) is 24.5 Å². The molecule has 0 aromatic heterocycles. The van der Waals surface area contributed by atoms with Crippen LogP contribution in [0.3, 0.4) is 0 Å². The highest BCUT2D eigenvalue weighted by atomic mass is 28.3. The minimum atomic E-state index is -1.39. The Morgan fingerprint density at radius 1 is 1.09 bits per heavy atom. The number of fused-ring (bicyclic) bond motifs is 3. The number of hydrogen-bond acceptors (Lipinski definition) is 3. The summed E-state index contributed by atoms with van der Waals surface area (Å²) in [6, 6.07) is 4.17. The van der Waals surface area contributed by atoms with Gasteiger partial charge in [-0.15, -0.1) is 11.5 Å². The van der Waals surface area contributed by atoms with Gasteiger partial charge in [0.25, 0.3) is 0 Å². The van der Waals surface area contributed by atoms with Gasteiger partial charge in [0.1, 0.15) is 8.07 Å². The van der Waals surface area contributed by atoms with Crippen molar-refractivity contribution in [2.45, 2.75) is 38.1 Å². The molecule has 3 atom stereocenters. The van der Waals surface area contributed by atoms with Crippen molar-refractivity contribution in [1.82, 2.24) is 0 Å². The summed E-state index contributed by atoms with van der Waals surface area (Å²) in [7, 11) is 1.97. The summed E-state index contributed by atoms with van der Waals surface area (Å²) in [4.78, 5) is 0. The SMILES string of the molecule is COc1cc2c(cc1OC)[C@H]1OCC[C@H]1[C@@H]2C#C[Si](C)(C)C. The van der Waals surface area contributed by atoms with E-state index >= 15 is 0 Å². The highest BCUT2D eigenvalue weighted by Crippen LogP contribution is 2.54. The summed E-state index contributed by atoms with van der Waals surface area (Å²) in [5.41, 5.74) is 6.04. The van der Waals surface area contributed by atoms with Crippen LogP contribution >= 0.6 is 0 Å². The smallest absolute Gasteiger partial charge is 0.161 e. The van der Waals surface area contributed by atoms with E-state index < -0.39 is 8.07 Å². The molecule has 0 unspecified atom stereocenters. The average molecular weight is 316 g/mol. The zero-order valence-corrected chi connectivity index (χ0v) is 15.0. The Hall–Kier alpha value is -1.44. The van der Waals surface area contributed by atoms with Gasteiger partial charge in [-0.2, -0.15) is 0 Å². The van der Waals surface area contributed by atoms with Crippen LogP contribution in [0.1, 0.15) is 29.6 Å². The molecule has 1 aromatic rings. The van der Waals surface area contributed by atoms with E-state index in [9.17, 15) is 0 Å². The topological polar surface area (TPSA) is 27.7 Å². The van der Waals surface area contributed by atoms with Crippen LogP contribution in [0.2, 0.25) is 19.6 Å². The second-order valence-electron chi connectivity index (χ2n) is 7.08. The Bertz CT molecular complexity index is 636. The second-order valence-corrected chi connectivity index (χ2v) is 11.8. The third kappa shape index (κ3) is 2.64. The van der Waals surface area contributed by atoms with Gasteiger partial charge in [0, 0.05) is 12.5 Å². The molecule has 0 radical (unpaired) electrons. The molecular formula is C18H24O3Si. The molecule has 2 aliphatic rings. The quantitative estimate of drug-likeness (QED) is 0.614. The lowest BCUT2D eigenvalue weighted by atomic mass is 9.91. The van der Waals surface area contributed by atoms with E-state index in [1.165, 1.54) is 11.1 Å². The maximum Gasteiger partial charge on any atom is 0.161 e. The molecule has 0 saturated carbocycles. The molecular weight excluding hydrogens is 292 g/mol. The van der Waals surface area contributed by atoms with Crippen molar-refractivity contribution in [2.75, 3.05) is 20.8 Å². The van der Waals surface area contributed by atoms with Gasteiger partial charge in [-0.25, -0.2) is 0 Å². The fourth-order valence-corrected chi connectivity index (χ4v) is 3.99. The Balaban J connectivity index is 2.08. The van der Waals surface area contributed by atoms with Crippen LogP contribution in [-0.4, -0.2) is 28.9 Å². The van der Waals surface area contributed by atoms with Gasteiger partial charge in [0.2, 0.25) is 0 Å². The Labute approximate surface area is 134 Å². The van der Waals surface area contributed by atoms with Crippen molar-refractivity contribution in [3.05, 3.63) is 23.3 Å². The third-order valence-electron chi connectivity index (χ3n) is 4.40. The van der Waals surface area contributed by atoms with Crippen LogP contribution in [0, 0.1) is 17.4 Å². The van der Waals surface area contributed by atoms with Crippen LogP contribution in [0.15, 0.2) is 12.1 Å². The molecule has 118 valence electrons. The van der Waals surface area contributed by atoms with E-state index in [0.29, 0.717) is 5.92 Å².